The molecule has 0 aromatic carbocycles. The second-order valence-corrected chi connectivity index (χ2v) is 6.44. The summed E-state index contributed by atoms with van der Waals surface area (Å²) >= 11 is 0. The van der Waals surface area contributed by atoms with Crippen LogP contribution in [0.4, 0.5) is 0 Å². The van der Waals surface area contributed by atoms with E-state index in [1.54, 1.807) is 6.92 Å². The van der Waals surface area contributed by atoms with Gasteiger partial charge in [-0.15, -0.1) is 0 Å². The van der Waals surface area contributed by atoms with Crippen molar-refractivity contribution in [2.45, 2.75) is 58.9 Å². The van der Waals surface area contributed by atoms with E-state index in [2.05, 4.69) is 0 Å². The van der Waals surface area contributed by atoms with Crippen LogP contribution >= 0.6 is 0 Å². The quantitative estimate of drug-likeness (QED) is 0.866. The maximum atomic E-state index is 12.5. The monoisotopic (exact) mass is 302 g/mol. The summed E-state index contributed by atoms with van der Waals surface area (Å²) in [5, 5.41) is 19.8. The highest BCUT2D eigenvalue weighted by Crippen LogP contribution is 2.34. The van der Waals surface area contributed by atoms with Gasteiger partial charge in [-0.3, -0.25) is 14.2 Å². The summed E-state index contributed by atoms with van der Waals surface area (Å²) in [6, 6.07) is 1.79. The van der Waals surface area contributed by atoms with E-state index in [4.69, 9.17) is 0 Å². The summed E-state index contributed by atoms with van der Waals surface area (Å²) in [6.45, 7) is 5.40. The number of aromatic nitrogens is 1. The van der Waals surface area contributed by atoms with Crippen LogP contribution in [0.15, 0.2) is 4.79 Å². The van der Waals surface area contributed by atoms with Crippen LogP contribution in [0.5, 0.6) is 5.88 Å². The SMILES string of the molecule is Cc1c(C(=O)CC(C)C)c(O)n(C2CCCC2)c(=O)c1C#N. The third-order valence-electron chi connectivity index (χ3n) is 4.31. The highest BCUT2D eigenvalue weighted by atomic mass is 16.3. The zero-order valence-electron chi connectivity index (χ0n) is 13.3. The summed E-state index contributed by atoms with van der Waals surface area (Å²) in [5.41, 5.74) is -0.0797. The molecule has 1 aliphatic carbocycles. The van der Waals surface area contributed by atoms with Gasteiger partial charge in [-0.2, -0.15) is 5.26 Å². The molecular weight excluding hydrogens is 280 g/mol. The zero-order valence-corrected chi connectivity index (χ0v) is 13.3. The van der Waals surface area contributed by atoms with Crippen molar-refractivity contribution in [1.82, 2.24) is 4.57 Å². The van der Waals surface area contributed by atoms with E-state index in [9.17, 15) is 20.0 Å². The van der Waals surface area contributed by atoms with Gasteiger partial charge in [-0.1, -0.05) is 26.7 Å². The van der Waals surface area contributed by atoms with Crippen molar-refractivity contribution in [3.05, 3.63) is 27.0 Å². The van der Waals surface area contributed by atoms with Crippen LogP contribution in [0.3, 0.4) is 0 Å². The van der Waals surface area contributed by atoms with Crippen molar-refractivity contribution >= 4 is 5.78 Å². The van der Waals surface area contributed by atoms with Gasteiger partial charge in [0.1, 0.15) is 11.6 Å². The first-order chi connectivity index (χ1) is 10.4. The highest BCUT2D eigenvalue weighted by molar-refractivity contribution is 6.00. The molecule has 22 heavy (non-hydrogen) atoms. The molecule has 0 atom stereocenters. The summed E-state index contributed by atoms with van der Waals surface area (Å²) in [6.07, 6.45) is 3.84. The summed E-state index contributed by atoms with van der Waals surface area (Å²) in [5.74, 6) is -0.337. The van der Waals surface area contributed by atoms with Gasteiger partial charge in [-0.25, -0.2) is 0 Å². The van der Waals surface area contributed by atoms with Gasteiger partial charge in [0.15, 0.2) is 5.78 Å². The van der Waals surface area contributed by atoms with Crippen LogP contribution in [-0.2, 0) is 0 Å². The molecule has 0 bridgehead atoms. The van der Waals surface area contributed by atoms with E-state index in [1.807, 2.05) is 19.9 Å². The summed E-state index contributed by atoms with van der Waals surface area (Å²) < 4.78 is 1.27. The smallest absolute Gasteiger partial charge is 0.271 e. The Kier molecular flexibility index (Phi) is 4.70. The van der Waals surface area contributed by atoms with Crippen LogP contribution in [0.2, 0.25) is 0 Å². The molecule has 1 aliphatic rings. The van der Waals surface area contributed by atoms with Crippen molar-refractivity contribution in [2.24, 2.45) is 5.92 Å². The largest absolute Gasteiger partial charge is 0.494 e. The zero-order chi connectivity index (χ0) is 16.4. The topological polar surface area (TPSA) is 83.1 Å². The molecule has 1 aromatic heterocycles. The molecule has 1 aromatic rings. The number of rotatable bonds is 4. The minimum absolute atomic E-state index is 0.0307. The lowest BCUT2D eigenvalue weighted by molar-refractivity contribution is 0.0962. The van der Waals surface area contributed by atoms with Crippen molar-refractivity contribution in [1.29, 1.82) is 5.26 Å². The van der Waals surface area contributed by atoms with Crippen molar-refractivity contribution in [3.8, 4) is 11.9 Å². The molecule has 5 heteroatoms. The molecule has 0 radical (unpaired) electrons. The second kappa shape index (κ2) is 6.35. The normalized spacial score (nSPS) is 15.2. The number of hydrogen-bond acceptors (Lipinski definition) is 4. The Balaban J connectivity index is 2.68. The number of Topliss-reactive ketones (excluding diaryl/α,β-unsaturated/α-hetero) is 1. The van der Waals surface area contributed by atoms with E-state index in [-0.39, 0.29) is 41.2 Å². The number of aromatic hydroxyl groups is 1. The van der Waals surface area contributed by atoms with Crippen molar-refractivity contribution in [3.63, 3.8) is 0 Å². The number of pyridine rings is 1. The minimum Gasteiger partial charge on any atom is -0.494 e. The van der Waals surface area contributed by atoms with Gasteiger partial charge in [0, 0.05) is 12.5 Å². The van der Waals surface area contributed by atoms with Gasteiger partial charge < -0.3 is 5.11 Å². The molecule has 0 unspecified atom stereocenters. The Bertz CT molecular complexity index is 689. The van der Waals surface area contributed by atoms with Crippen LogP contribution in [-0.4, -0.2) is 15.5 Å². The summed E-state index contributed by atoms with van der Waals surface area (Å²) in [7, 11) is 0. The molecule has 1 heterocycles. The van der Waals surface area contributed by atoms with Gasteiger partial charge >= 0.3 is 0 Å². The third kappa shape index (κ3) is 2.78. The molecule has 1 fully saturated rings. The van der Waals surface area contributed by atoms with Crippen LogP contribution in [0, 0.1) is 24.2 Å². The van der Waals surface area contributed by atoms with E-state index in [1.165, 1.54) is 4.57 Å². The molecule has 1 saturated carbocycles. The average Bonchev–Trinajstić information content (AvgIpc) is 2.91. The Hall–Kier alpha value is -2.09. The highest BCUT2D eigenvalue weighted by Gasteiger charge is 2.28. The third-order valence-corrected chi connectivity index (χ3v) is 4.31. The van der Waals surface area contributed by atoms with Gasteiger partial charge in [0.05, 0.1) is 5.56 Å². The lowest BCUT2D eigenvalue weighted by Gasteiger charge is -2.20. The van der Waals surface area contributed by atoms with E-state index in [0.717, 1.165) is 25.7 Å². The van der Waals surface area contributed by atoms with Gasteiger partial charge in [0.2, 0.25) is 5.88 Å². The average molecular weight is 302 g/mol. The minimum atomic E-state index is -0.481. The fraction of sp³-hybridized carbons (Fsp3) is 0.588. The number of carbonyl (C=O) groups is 1. The Morgan fingerprint density at radius 2 is 2.00 bits per heavy atom. The second-order valence-electron chi connectivity index (χ2n) is 6.44. The standard InChI is InChI=1S/C17H22N2O3/c1-10(2)8-14(20)15-11(3)13(9-18)16(21)19(17(15)22)12-6-4-5-7-12/h10,12,22H,4-8H2,1-3H3. The number of ketones is 1. The van der Waals surface area contributed by atoms with Crippen LogP contribution in [0.1, 0.15) is 73.5 Å². The number of nitrogens with zero attached hydrogens (tertiary/aromatic N) is 2. The predicted molar refractivity (Wildman–Crippen MR) is 83.1 cm³/mol. The molecule has 2 rings (SSSR count). The molecule has 1 N–H and O–H groups in total. The van der Waals surface area contributed by atoms with Crippen molar-refractivity contribution < 1.29 is 9.90 Å². The Morgan fingerprint density at radius 1 is 1.41 bits per heavy atom. The number of carbonyl (C=O) groups excluding carboxylic acids is 1. The Morgan fingerprint density at radius 3 is 2.50 bits per heavy atom. The molecule has 118 valence electrons. The van der Waals surface area contributed by atoms with Crippen LogP contribution in [0.25, 0.3) is 0 Å². The predicted octanol–water partition coefficient (Wildman–Crippen LogP) is 3.08. The van der Waals surface area contributed by atoms with Crippen molar-refractivity contribution in [2.75, 3.05) is 0 Å². The lowest BCUT2D eigenvalue weighted by Crippen LogP contribution is -2.29. The Labute approximate surface area is 130 Å². The van der Waals surface area contributed by atoms with E-state index < -0.39 is 5.56 Å². The molecular formula is C17H22N2O3. The fourth-order valence-electron chi connectivity index (χ4n) is 3.23. The molecule has 0 spiro atoms. The van der Waals surface area contributed by atoms with Gasteiger partial charge in [0.25, 0.3) is 5.56 Å². The van der Waals surface area contributed by atoms with E-state index in [0.29, 0.717) is 5.56 Å². The van der Waals surface area contributed by atoms with Gasteiger partial charge in [-0.05, 0) is 31.2 Å². The first kappa shape index (κ1) is 16.3. The molecule has 0 saturated heterocycles. The lowest BCUT2D eigenvalue weighted by atomic mass is 9.96. The molecule has 0 amide bonds. The van der Waals surface area contributed by atoms with E-state index >= 15 is 0 Å². The first-order valence-electron chi connectivity index (χ1n) is 7.79. The molecule has 5 nitrogen and oxygen atoms in total. The maximum Gasteiger partial charge on any atom is 0.271 e. The maximum absolute atomic E-state index is 12.5. The number of hydrogen-bond donors (Lipinski definition) is 1. The van der Waals surface area contributed by atoms with Crippen LogP contribution < -0.4 is 5.56 Å². The molecule has 0 aliphatic heterocycles. The number of nitriles is 1. The first-order valence-corrected chi connectivity index (χ1v) is 7.79. The summed E-state index contributed by atoms with van der Waals surface area (Å²) in [4.78, 5) is 25.0. The fourth-order valence-corrected chi connectivity index (χ4v) is 3.23.